The average molecular weight is 369 g/mol. The third-order valence-corrected chi connectivity index (χ3v) is 5.91. The van der Waals surface area contributed by atoms with Gasteiger partial charge in [0.05, 0.1) is 13.0 Å². The first-order valence-electron chi connectivity index (χ1n) is 9.86. The third kappa shape index (κ3) is 3.80. The largest absolute Gasteiger partial charge is 0.497 e. The van der Waals surface area contributed by atoms with Crippen LogP contribution in [0.4, 0.5) is 0 Å². The van der Waals surface area contributed by atoms with Crippen LogP contribution in [0.1, 0.15) is 37.7 Å². The number of amides is 2. The molecule has 1 aromatic carbocycles. The quantitative estimate of drug-likeness (QED) is 0.822. The van der Waals surface area contributed by atoms with Crippen molar-refractivity contribution in [3.63, 3.8) is 0 Å². The Kier molecular flexibility index (Phi) is 5.05. The van der Waals surface area contributed by atoms with E-state index in [1.54, 1.807) is 7.11 Å². The maximum Gasteiger partial charge on any atom is 0.225 e. The van der Waals surface area contributed by atoms with Gasteiger partial charge in [-0.3, -0.25) is 9.59 Å². The number of fused-ring (bicyclic) bond motifs is 1. The van der Waals surface area contributed by atoms with Gasteiger partial charge in [0.2, 0.25) is 11.8 Å². The minimum absolute atomic E-state index is 0.0505. The molecular weight excluding hydrogens is 342 g/mol. The molecule has 2 heterocycles. The molecule has 2 aliphatic rings. The standard InChI is InChI=1S/C21H27N3O3/c1-27-17-6-7-19-18(11-17)14(12-22-19)8-9-24-13-15(10-20(24)25)21(26)23-16-4-2-3-5-16/h6-7,11-12,15-16,22H,2-5,8-10,13H2,1H3,(H,23,26). The second-order valence-electron chi connectivity index (χ2n) is 7.71. The predicted octanol–water partition coefficient (Wildman–Crippen LogP) is 2.63. The lowest BCUT2D eigenvalue weighted by Crippen LogP contribution is -2.38. The molecule has 1 unspecified atom stereocenters. The first-order chi connectivity index (χ1) is 13.1. The van der Waals surface area contributed by atoms with Crippen LogP contribution in [0.5, 0.6) is 5.75 Å². The summed E-state index contributed by atoms with van der Waals surface area (Å²) in [4.78, 5) is 29.9. The summed E-state index contributed by atoms with van der Waals surface area (Å²) in [7, 11) is 1.66. The Morgan fingerprint density at radius 3 is 2.93 bits per heavy atom. The number of hydrogen-bond acceptors (Lipinski definition) is 3. The molecule has 0 radical (unpaired) electrons. The topological polar surface area (TPSA) is 74.4 Å². The summed E-state index contributed by atoms with van der Waals surface area (Å²) in [6.07, 6.45) is 7.61. The molecule has 1 aliphatic carbocycles. The van der Waals surface area contributed by atoms with Crippen LogP contribution < -0.4 is 10.1 Å². The molecule has 0 spiro atoms. The van der Waals surface area contributed by atoms with E-state index >= 15 is 0 Å². The van der Waals surface area contributed by atoms with Crippen LogP contribution in [0.2, 0.25) is 0 Å². The van der Waals surface area contributed by atoms with E-state index in [1.807, 2.05) is 29.3 Å². The van der Waals surface area contributed by atoms with Crippen molar-refractivity contribution in [2.24, 2.45) is 5.92 Å². The molecule has 1 aliphatic heterocycles. The zero-order valence-electron chi connectivity index (χ0n) is 15.8. The van der Waals surface area contributed by atoms with Crippen LogP contribution in [0, 0.1) is 5.92 Å². The van der Waals surface area contributed by atoms with Gasteiger partial charge < -0.3 is 19.9 Å². The van der Waals surface area contributed by atoms with E-state index in [0.717, 1.165) is 41.5 Å². The molecule has 6 heteroatoms. The van der Waals surface area contributed by atoms with E-state index in [0.29, 0.717) is 25.6 Å². The minimum atomic E-state index is -0.207. The molecule has 144 valence electrons. The zero-order chi connectivity index (χ0) is 18.8. The van der Waals surface area contributed by atoms with Crippen LogP contribution in [-0.4, -0.2) is 47.9 Å². The van der Waals surface area contributed by atoms with E-state index in [9.17, 15) is 9.59 Å². The number of nitrogens with zero attached hydrogens (tertiary/aromatic N) is 1. The molecule has 2 N–H and O–H groups in total. The molecule has 2 aromatic rings. The van der Waals surface area contributed by atoms with Gasteiger partial charge in [0, 0.05) is 42.7 Å². The van der Waals surface area contributed by atoms with Gasteiger partial charge in [0.25, 0.3) is 0 Å². The van der Waals surface area contributed by atoms with Gasteiger partial charge in [-0.1, -0.05) is 12.8 Å². The molecule has 4 rings (SSSR count). The maximum atomic E-state index is 12.5. The number of carbonyl (C=O) groups is 2. The Morgan fingerprint density at radius 1 is 1.33 bits per heavy atom. The molecule has 2 amide bonds. The summed E-state index contributed by atoms with van der Waals surface area (Å²) >= 11 is 0. The number of benzene rings is 1. The Bertz CT molecular complexity index is 838. The zero-order valence-corrected chi connectivity index (χ0v) is 15.8. The van der Waals surface area contributed by atoms with E-state index in [-0.39, 0.29) is 17.7 Å². The van der Waals surface area contributed by atoms with E-state index in [4.69, 9.17) is 4.74 Å². The highest BCUT2D eigenvalue weighted by molar-refractivity contribution is 5.89. The molecule has 0 bridgehead atoms. The van der Waals surface area contributed by atoms with Gasteiger partial charge in [-0.2, -0.15) is 0 Å². The predicted molar refractivity (Wildman–Crippen MR) is 104 cm³/mol. The molecule has 2 fully saturated rings. The van der Waals surface area contributed by atoms with Crippen LogP contribution in [0.25, 0.3) is 10.9 Å². The van der Waals surface area contributed by atoms with Gasteiger partial charge in [-0.05, 0) is 43.0 Å². The molecular formula is C21H27N3O3. The average Bonchev–Trinajstić information content (AvgIpc) is 3.40. The fraction of sp³-hybridized carbons (Fsp3) is 0.524. The minimum Gasteiger partial charge on any atom is -0.497 e. The number of aromatic amines is 1. The van der Waals surface area contributed by atoms with Crippen molar-refractivity contribution in [3.05, 3.63) is 30.0 Å². The van der Waals surface area contributed by atoms with Crippen molar-refractivity contribution in [1.82, 2.24) is 15.2 Å². The van der Waals surface area contributed by atoms with Gasteiger partial charge >= 0.3 is 0 Å². The molecule has 1 saturated heterocycles. The van der Waals surface area contributed by atoms with Crippen LogP contribution >= 0.6 is 0 Å². The molecule has 6 nitrogen and oxygen atoms in total. The summed E-state index contributed by atoms with van der Waals surface area (Å²) in [5.74, 6) is 0.749. The smallest absolute Gasteiger partial charge is 0.225 e. The van der Waals surface area contributed by atoms with Gasteiger partial charge in [0.1, 0.15) is 5.75 Å². The number of methoxy groups -OCH3 is 1. The van der Waals surface area contributed by atoms with Crippen molar-refractivity contribution in [3.8, 4) is 5.75 Å². The fourth-order valence-electron chi connectivity index (χ4n) is 4.30. The van der Waals surface area contributed by atoms with E-state index in [2.05, 4.69) is 10.3 Å². The Morgan fingerprint density at radius 2 is 2.15 bits per heavy atom. The van der Waals surface area contributed by atoms with E-state index in [1.165, 1.54) is 12.8 Å². The SMILES string of the molecule is COc1ccc2[nH]cc(CCN3CC(C(=O)NC4CCCC4)CC3=O)c2c1. The number of likely N-dealkylation sites (tertiary alicyclic amines) is 1. The fourth-order valence-corrected chi connectivity index (χ4v) is 4.30. The van der Waals surface area contributed by atoms with E-state index < -0.39 is 0 Å². The number of aromatic nitrogens is 1. The normalized spacial score (nSPS) is 20.6. The number of carbonyl (C=O) groups excluding carboxylic acids is 2. The highest BCUT2D eigenvalue weighted by Gasteiger charge is 2.35. The van der Waals surface area contributed by atoms with Crippen LogP contribution in [0.3, 0.4) is 0 Å². The Balaban J connectivity index is 1.36. The summed E-state index contributed by atoms with van der Waals surface area (Å²) < 4.78 is 5.31. The summed E-state index contributed by atoms with van der Waals surface area (Å²) in [6.45, 7) is 1.17. The summed E-state index contributed by atoms with van der Waals surface area (Å²) in [6, 6.07) is 6.26. The second-order valence-corrected chi connectivity index (χ2v) is 7.71. The lowest BCUT2D eigenvalue weighted by atomic mass is 10.1. The molecule has 1 atom stereocenters. The second kappa shape index (κ2) is 7.62. The number of H-pyrrole nitrogens is 1. The lowest BCUT2D eigenvalue weighted by molar-refractivity contribution is -0.129. The van der Waals surface area contributed by atoms with Crippen LogP contribution in [0.15, 0.2) is 24.4 Å². The van der Waals surface area contributed by atoms with Crippen molar-refractivity contribution in [2.75, 3.05) is 20.2 Å². The van der Waals surface area contributed by atoms with Crippen LogP contribution in [-0.2, 0) is 16.0 Å². The number of ether oxygens (including phenoxy) is 1. The Labute approximate surface area is 159 Å². The van der Waals surface area contributed by atoms with Gasteiger partial charge in [-0.15, -0.1) is 0 Å². The van der Waals surface area contributed by atoms with Gasteiger partial charge in [0.15, 0.2) is 0 Å². The first-order valence-corrected chi connectivity index (χ1v) is 9.86. The summed E-state index contributed by atoms with van der Waals surface area (Å²) in [5.41, 5.74) is 2.22. The molecule has 1 saturated carbocycles. The number of hydrogen-bond donors (Lipinski definition) is 2. The highest BCUT2D eigenvalue weighted by Crippen LogP contribution is 2.26. The van der Waals surface area contributed by atoms with Gasteiger partial charge in [-0.25, -0.2) is 0 Å². The number of rotatable bonds is 6. The lowest BCUT2D eigenvalue weighted by Gasteiger charge is -2.18. The molecule has 1 aromatic heterocycles. The van der Waals surface area contributed by atoms with Crippen molar-refractivity contribution in [1.29, 1.82) is 0 Å². The third-order valence-electron chi connectivity index (χ3n) is 5.91. The Hall–Kier alpha value is -2.50. The molecule has 27 heavy (non-hydrogen) atoms. The van der Waals surface area contributed by atoms with Crippen molar-refractivity contribution >= 4 is 22.7 Å². The monoisotopic (exact) mass is 369 g/mol. The summed E-state index contributed by atoms with van der Waals surface area (Å²) in [5, 5.41) is 4.25. The maximum absolute atomic E-state index is 12.5. The number of nitrogens with one attached hydrogen (secondary N) is 2. The highest BCUT2D eigenvalue weighted by atomic mass is 16.5. The van der Waals surface area contributed by atoms with Crippen molar-refractivity contribution in [2.45, 2.75) is 44.6 Å². The van der Waals surface area contributed by atoms with Crippen molar-refractivity contribution < 1.29 is 14.3 Å². The first kappa shape index (κ1) is 17.9.